The summed E-state index contributed by atoms with van der Waals surface area (Å²) >= 11 is 3.00. The molecule has 134 valence electrons. The Labute approximate surface area is 164 Å². The summed E-state index contributed by atoms with van der Waals surface area (Å²) in [6.07, 6.45) is 3.62. The van der Waals surface area contributed by atoms with Crippen molar-refractivity contribution in [2.24, 2.45) is 0 Å². The number of nitrogens with zero attached hydrogens (tertiary/aromatic N) is 1. The average Bonchev–Trinajstić information content (AvgIpc) is 3.14. The molecular formula is C21H15FN2OS2. The van der Waals surface area contributed by atoms with Gasteiger partial charge in [0, 0.05) is 38.8 Å². The number of pyridine rings is 1. The van der Waals surface area contributed by atoms with E-state index in [1.165, 1.54) is 17.4 Å². The summed E-state index contributed by atoms with van der Waals surface area (Å²) in [5, 5.41) is 3.35. The number of thiophene rings is 1. The minimum atomic E-state index is -0.308. The first-order valence-electron chi connectivity index (χ1n) is 8.30. The van der Waals surface area contributed by atoms with Gasteiger partial charge in [0.25, 0.3) is 5.91 Å². The predicted molar refractivity (Wildman–Crippen MR) is 110 cm³/mol. The molecule has 0 fully saturated rings. The fourth-order valence-corrected chi connectivity index (χ4v) is 4.42. The van der Waals surface area contributed by atoms with Crippen LogP contribution in [0.5, 0.6) is 0 Å². The maximum atomic E-state index is 13.8. The Hall–Kier alpha value is -2.70. The number of nitrogens with one attached hydrogen (secondary N) is 1. The summed E-state index contributed by atoms with van der Waals surface area (Å²) < 4.78 is 14.6. The Morgan fingerprint density at radius 3 is 2.70 bits per heavy atom. The second kappa shape index (κ2) is 7.90. The molecule has 0 bridgehead atoms. The zero-order valence-corrected chi connectivity index (χ0v) is 15.8. The van der Waals surface area contributed by atoms with Crippen LogP contribution in [0.1, 0.15) is 15.2 Å². The largest absolute Gasteiger partial charge is 0.321 e. The number of hydrogen-bond donors (Lipinski definition) is 1. The molecule has 2 aromatic carbocycles. The number of anilines is 1. The SMILES string of the molecule is O=C(Nc1ccc(SCc2cccnc2)cc1)c1cc2c(F)cccc2s1. The number of fused-ring (bicyclic) bond motifs is 1. The first-order valence-corrected chi connectivity index (χ1v) is 10.1. The maximum Gasteiger partial charge on any atom is 0.265 e. The van der Waals surface area contributed by atoms with Crippen molar-refractivity contribution < 1.29 is 9.18 Å². The van der Waals surface area contributed by atoms with Gasteiger partial charge in [-0.25, -0.2) is 4.39 Å². The van der Waals surface area contributed by atoms with E-state index in [1.54, 1.807) is 30.1 Å². The molecular weight excluding hydrogens is 379 g/mol. The number of carbonyl (C=O) groups is 1. The Kier molecular flexibility index (Phi) is 5.18. The van der Waals surface area contributed by atoms with E-state index in [0.717, 1.165) is 20.9 Å². The zero-order valence-electron chi connectivity index (χ0n) is 14.2. The molecule has 2 aromatic heterocycles. The Morgan fingerprint density at radius 1 is 1.11 bits per heavy atom. The summed E-state index contributed by atoms with van der Waals surface area (Å²) in [7, 11) is 0. The van der Waals surface area contributed by atoms with Crippen LogP contribution >= 0.6 is 23.1 Å². The van der Waals surface area contributed by atoms with Gasteiger partial charge in [-0.2, -0.15) is 0 Å². The molecule has 0 radical (unpaired) electrons. The van der Waals surface area contributed by atoms with Crippen LogP contribution in [0.4, 0.5) is 10.1 Å². The number of amides is 1. The molecule has 0 aliphatic heterocycles. The standard InChI is InChI=1S/C21H15FN2OS2/c22-18-4-1-5-19-17(18)11-20(27-19)21(25)24-15-6-8-16(9-7-15)26-13-14-3-2-10-23-12-14/h1-12H,13H2,(H,24,25). The third kappa shape index (κ3) is 4.18. The molecule has 27 heavy (non-hydrogen) atoms. The third-order valence-electron chi connectivity index (χ3n) is 3.97. The molecule has 0 unspecified atom stereocenters. The van der Waals surface area contributed by atoms with Gasteiger partial charge in [0.1, 0.15) is 5.82 Å². The van der Waals surface area contributed by atoms with Crippen LogP contribution in [0, 0.1) is 5.82 Å². The van der Waals surface area contributed by atoms with Gasteiger partial charge >= 0.3 is 0 Å². The quantitative estimate of drug-likeness (QED) is 0.423. The van der Waals surface area contributed by atoms with Crippen molar-refractivity contribution in [2.45, 2.75) is 10.6 Å². The van der Waals surface area contributed by atoms with Crippen LogP contribution in [0.15, 0.2) is 78.0 Å². The minimum absolute atomic E-state index is 0.230. The van der Waals surface area contributed by atoms with Crippen molar-refractivity contribution >= 4 is 44.8 Å². The van der Waals surface area contributed by atoms with Gasteiger partial charge in [-0.15, -0.1) is 23.1 Å². The van der Waals surface area contributed by atoms with Crippen molar-refractivity contribution in [2.75, 3.05) is 5.32 Å². The van der Waals surface area contributed by atoms with E-state index >= 15 is 0 Å². The Balaban J connectivity index is 1.41. The average molecular weight is 394 g/mol. The van der Waals surface area contributed by atoms with Crippen molar-refractivity contribution in [3.05, 3.63) is 89.3 Å². The van der Waals surface area contributed by atoms with Crippen LogP contribution < -0.4 is 5.32 Å². The van der Waals surface area contributed by atoms with Gasteiger partial charge in [0.05, 0.1) is 4.88 Å². The van der Waals surface area contributed by atoms with E-state index in [4.69, 9.17) is 0 Å². The number of hydrogen-bond acceptors (Lipinski definition) is 4. The number of rotatable bonds is 5. The van der Waals surface area contributed by atoms with E-state index in [0.29, 0.717) is 16.0 Å². The van der Waals surface area contributed by atoms with Crippen LogP contribution in [-0.2, 0) is 5.75 Å². The lowest BCUT2D eigenvalue weighted by atomic mass is 10.2. The first-order chi connectivity index (χ1) is 13.2. The van der Waals surface area contributed by atoms with Crippen LogP contribution in [-0.4, -0.2) is 10.9 Å². The van der Waals surface area contributed by atoms with Crippen molar-refractivity contribution in [1.29, 1.82) is 0 Å². The molecule has 1 amide bonds. The molecule has 0 spiro atoms. The number of halogens is 1. The Morgan fingerprint density at radius 2 is 1.96 bits per heavy atom. The van der Waals surface area contributed by atoms with Crippen molar-refractivity contribution in [1.82, 2.24) is 4.98 Å². The summed E-state index contributed by atoms with van der Waals surface area (Å²) in [5.74, 6) is 0.302. The fraction of sp³-hybridized carbons (Fsp3) is 0.0476. The van der Waals surface area contributed by atoms with E-state index in [1.807, 2.05) is 48.7 Å². The van der Waals surface area contributed by atoms with E-state index < -0.39 is 0 Å². The predicted octanol–water partition coefficient (Wildman–Crippen LogP) is 5.98. The van der Waals surface area contributed by atoms with Crippen molar-refractivity contribution in [3.8, 4) is 0 Å². The summed E-state index contributed by atoms with van der Waals surface area (Å²) in [4.78, 5) is 18.2. The number of benzene rings is 2. The molecule has 4 aromatic rings. The van der Waals surface area contributed by atoms with Gasteiger partial charge in [-0.05, 0) is 54.1 Å². The highest BCUT2D eigenvalue weighted by Gasteiger charge is 2.12. The van der Waals surface area contributed by atoms with E-state index in [-0.39, 0.29) is 11.7 Å². The van der Waals surface area contributed by atoms with Crippen LogP contribution in [0.25, 0.3) is 10.1 Å². The van der Waals surface area contributed by atoms with Gasteiger partial charge < -0.3 is 5.32 Å². The normalized spacial score (nSPS) is 10.9. The van der Waals surface area contributed by atoms with Gasteiger partial charge in [-0.1, -0.05) is 12.1 Å². The molecule has 0 saturated heterocycles. The molecule has 0 saturated carbocycles. The molecule has 0 aliphatic carbocycles. The van der Waals surface area contributed by atoms with Gasteiger partial charge in [0.15, 0.2) is 0 Å². The van der Waals surface area contributed by atoms with E-state index in [9.17, 15) is 9.18 Å². The Bertz CT molecular complexity index is 1080. The van der Waals surface area contributed by atoms with Gasteiger partial charge in [-0.3, -0.25) is 9.78 Å². The number of carbonyl (C=O) groups excluding carboxylic acids is 1. The summed E-state index contributed by atoms with van der Waals surface area (Å²) in [6.45, 7) is 0. The van der Waals surface area contributed by atoms with Gasteiger partial charge in [0.2, 0.25) is 0 Å². The minimum Gasteiger partial charge on any atom is -0.321 e. The van der Waals surface area contributed by atoms with E-state index in [2.05, 4.69) is 10.3 Å². The molecule has 2 heterocycles. The van der Waals surface area contributed by atoms with Crippen LogP contribution in [0.2, 0.25) is 0 Å². The first kappa shape index (κ1) is 17.7. The molecule has 6 heteroatoms. The molecule has 3 nitrogen and oxygen atoms in total. The lowest BCUT2D eigenvalue weighted by Gasteiger charge is -2.05. The van der Waals surface area contributed by atoms with Crippen molar-refractivity contribution in [3.63, 3.8) is 0 Å². The molecule has 1 N–H and O–H groups in total. The van der Waals surface area contributed by atoms with Crippen LogP contribution in [0.3, 0.4) is 0 Å². The highest BCUT2D eigenvalue weighted by Crippen LogP contribution is 2.29. The fourth-order valence-electron chi connectivity index (χ4n) is 2.61. The summed E-state index contributed by atoms with van der Waals surface area (Å²) in [5.41, 5.74) is 1.88. The molecule has 0 atom stereocenters. The highest BCUT2D eigenvalue weighted by atomic mass is 32.2. The number of thioether (sulfide) groups is 1. The molecule has 4 rings (SSSR count). The monoisotopic (exact) mass is 394 g/mol. The smallest absolute Gasteiger partial charge is 0.265 e. The second-order valence-electron chi connectivity index (χ2n) is 5.89. The highest BCUT2D eigenvalue weighted by molar-refractivity contribution is 7.98. The lowest BCUT2D eigenvalue weighted by Crippen LogP contribution is -2.09. The molecule has 0 aliphatic rings. The number of aromatic nitrogens is 1. The topological polar surface area (TPSA) is 42.0 Å². The summed E-state index contributed by atoms with van der Waals surface area (Å²) in [6, 6.07) is 18.1. The zero-order chi connectivity index (χ0) is 18.6. The second-order valence-corrected chi connectivity index (χ2v) is 8.02. The lowest BCUT2D eigenvalue weighted by molar-refractivity contribution is 0.103. The maximum absolute atomic E-state index is 13.8. The third-order valence-corrected chi connectivity index (χ3v) is 6.15.